The molecule has 1 aromatic carbocycles. The maximum absolute atomic E-state index is 12.8. The van der Waals surface area contributed by atoms with Gasteiger partial charge < -0.3 is 20.4 Å². The Bertz CT molecular complexity index is 871. The standard InChI is InChI=1S/C17H15N3O5/c1-17(9-14(22)19-13-4-2-3-7-20(13)17)16(25)18-10-5-6-12(21)11(8-10)15(23)24/h2-8,21H,9H2,1H3,(H,18,25)(H,23,24). The lowest BCUT2D eigenvalue weighted by Gasteiger charge is -2.41. The van der Waals surface area contributed by atoms with Gasteiger partial charge in [0.05, 0.1) is 6.42 Å². The van der Waals surface area contributed by atoms with Crippen LogP contribution in [0, 0.1) is 0 Å². The van der Waals surface area contributed by atoms with Crippen molar-refractivity contribution in [1.82, 2.24) is 4.90 Å². The van der Waals surface area contributed by atoms with Crippen LogP contribution in [-0.4, -0.2) is 44.3 Å². The lowest BCUT2D eigenvalue weighted by atomic mass is 9.91. The Hall–Kier alpha value is -3.42. The van der Waals surface area contributed by atoms with Crippen LogP contribution in [0.4, 0.5) is 5.69 Å². The Labute approximate surface area is 142 Å². The lowest BCUT2D eigenvalue weighted by Crippen LogP contribution is -2.58. The molecule has 1 unspecified atom stereocenters. The predicted octanol–water partition coefficient (Wildman–Crippen LogP) is 1.50. The van der Waals surface area contributed by atoms with E-state index in [2.05, 4.69) is 10.3 Å². The van der Waals surface area contributed by atoms with Crippen LogP contribution in [0.5, 0.6) is 5.75 Å². The summed E-state index contributed by atoms with van der Waals surface area (Å²) in [7, 11) is 0. The number of hydrogen-bond donors (Lipinski definition) is 3. The molecule has 0 saturated carbocycles. The van der Waals surface area contributed by atoms with Crippen LogP contribution in [0.15, 0.2) is 47.6 Å². The van der Waals surface area contributed by atoms with Crippen molar-refractivity contribution < 1.29 is 24.6 Å². The third-order valence-electron chi connectivity index (χ3n) is 4.08. The third-order valence-corrected chi connectivity index (χ3v) is 4.08. The fourth-order valence-electron chi connectivity index (χ4n) is 2.73. The number of amidine groups is 1. The number of phenols is 1. The topological polar surface area (TPSA) is 119 Å². The lowest BCUT2D eigenvalue weighted by molar-refractivity contribution is -0.130. The van der Waals surface area contributed by atoms with Gasteiger partial charge in [0, 0.05) is 11.9 Å². The summed E-state index contributed by atoms with van der Waals surface area (Å²) < 4.78 is 0. The number of carbonyl (C=O) groups is 3. The average molecular weight is 341 g/mol. The minimum absolute atomic E-state index is 0.121. The van der Waals surface area contributed by atoms with E-state index < -0.39 is 29.1 Å². The van der Waals surface area contributed by atoms with E-state index in [1.165, 1.54) is 12.1 Å². The molecule has 128 valence electrons. The normalized spacial score (nSPS) is 21.6. The highest BCUT2D eigenvalue weighted by molar-refractivity contribution is 6.12. The molecule has 8 heteroatoms. The molecule has 2 amide bonds. The zero-order valence-corrected chi connectivity index (χ0v) is 13.3. The van der Waals surface area contributed by atoms with E-state index in [0.29, 0.717) is 5.84 Å². The summed E-state index contributed by atoms with van der Waals surface area (Å²) >= 11 is 0. The molecule has 3 rings (SSSR count). The number of carboxylic acid groups (broad SMARTS) is 1. The summed E-state index contributed by atoms with van der Waals surface area (Å²) in [5.41, 5.74) is -1.34. The Balaban J connectivity index is 1.90. The number of aromatic carboxylic acids is 1. The van der Waals surface area contributed by atoms with Crippen LogP contribution in [-0.2, 0) is 9.59 Å². The number of anilines is 1. The smallest absolute Gasteiger partial charge is 0.339 e. The molecule has 2 aliphatic heterocycles. The van der Waals surface area contributed by atoms with Gasteiger partial charge in [0.2, 0.25) is 0 Å². The van der Waals surface area contributed by atoms with E-state index >= 15 is 0 Å². The number of allylic oxidation sites excluding steroid dienone is 2. The monoisotopic (exact) mass is 341 g/mol. The average Bonchev–Trinajstić information content (AvgIpc) is 2.56. The van der Waals surface area contributed by atoms with Crippen LogP contribution in [0.1, 0.15) is 23.7 Å². The van der Waals surface area contributed by atoms with Gasteiger partial charge in [-0.05, 0) is 37.3 Å². The molecule has 1 atom stereocenters. The quantitative estimate of drug-likeness (QED) is 0.717. The second-order valence-electron chi connectivity index (χ2n) is 5.88. The van der Waals surface area contributed by atoms with Gasteiger partial charge in [0.15, 0.2) is 0 Å². The summed E-state index contributed by atoms with van der Waals surface area (Å²) in [6.45, 7) is 1.61. The molecule has 0 radical (unpaired) electrons. The first-order valence-electron chi connectivity index (χ1n) is 7.45. The van der Waals surface area contributed by atoms with E-state index in [1.807, 2.05) is 0 Å². The van der Waals surface area contributed by atoms with E-state index in [1.54, 1.807) is 36.3 Å². The summed E-state index contributed by atoms with van der Waals surface area (Å²) in [6.07, 6.45) is 6.61. The van der Waals surface area contributed by atoms with Gasteiger partial charge in [0.1, 0.15) is 22.7 Å². The molecule has 0 bridgehead atoms. The molecule has 0 aromatic heterocycles. The number of nitrogens with zero attached hydrogens (tertiary/aromatic N) is 2. The van der Waals surface area contributed by atoms with Crippen molar-refractivity contribution in [1.29, 1.82) is 0 Å². The SMILES string of the molecule is CC1(C(=O)Nc2ccc(O)c(C(=O)O)c2)CC(=O)N=C2C=CC=CN21. The number of fused-ring (bicyclic) bond motifs is 1. The molecular weight excluding hydrogens is 326 g/mol. The highest BCUT2D eigenvalue weighted by Gasteiger charge is 2.45. The largest absolute Gasteiger partial charge is 0.507 e. The Morgan fingerprint density at radius 3 is 2.80 bits per heavy atom. The number of hydrogen-bond acceptors (Lipinski definition) is 5. The van der Waals surface area contributed by atoms with Gasteiger partial charge in [-0.1, -0.05) is 6.08 Å². The van der Waals surface area contributed by atoms with Crippen molar-refractivity contribution in [3.05, 3.63) is 48.2 Å². The minimum Gasteiger partial charge on any atom is -0.507 e. The van der Waals surface area contributed by atoms with E-state index in [4.69, 9.17) is 5.11 Å². The number of carbonyl (C=O) groups excluding carboxylic acids is 2. The molecule has 0 saturated heterocycles. The minimum atomic E-state index is -1.31. The van der Waals surface area contributed by atoms with Crippen LogP contribution < -0.4 is 5.32 Å². The Morgan fingerprint density at radius 1 is 1.32 bits per heavy atom. The molecule has 1 aromatic rings. The molecule has 0 fully saturated rings. The van der Waals surface area contributed by atoms with Crippen molar-refractivity contribution in [2.45, 2.75) is 18.9 Å². The number of aliphatic imine (C=N–C) groups is 1. The maximum atomic E-state index is 12.8. The van der Waals surface area contributed by atoms with E-state index in [9.17, 15) is 19.5 Å². The Kier molecular flexibility index (Phi) is 3.88. The highest BCUT2D eigenvalue weighted by atomic mass is 16.4. The summed E-state index contributed by atoms with van der Waals surface area (Å²) in [5.74, 6) is -2.25. The van der Waals surface area contributed by atoms with Crippen molar-refractivity contribution >= 4 is 29.3 Å². The highest BCUT2D eigenvalue weighted by Crippen LogP contribution is 2.30. The van der Waals surface area contributed by atoms with E-state index in [-0.39, 0.29) is 17.7 Å². The van der Waals surface area contributed by atoms with Crippen LogP contribution in [0.25, 0.3) is 0 Å². The van der Waals surface area contributed by atoms with E-state index in [0.717, 1.165) is 6.07 Å². The van der Waals surface area contributed by atoms with Crippen molar-refractivity contribution in [2.24, 2.45) is 4.99 Å². The fourth-order valence-corrected chi connectivity index (χ4v) is 2.73. The zero-order chi connectivity index (χ0) is 18.2. The number of rotatable bonds is 3. The van der Waals surface area contributed by atoms with Crippen molar-refractivity contribution in [2.75, 3.05) is 5.32 Å². The summed E-state index contributed by atoms with van der Waals surface area (Å²) in [6, 6.07) is 3.73. The number of carboxylic acids is 1. The predicted molar refractivity (Wildman–Crippen MR) is 89.3 cm³/mol. The van der Waals surface area contributed by atoms with Gasteiger partial charge in [-0.2, -0.15) is 4.99 Å². The van der Waals surface area contributed by atoms with Gasteiger partial charge in [-0.25, -0.2) is 4.79 Å². The molecule has 25 heavy (non-hydrogen) atoms. The number of benzene rings is 1. The fraction of sp³-hybridized carbons (Fsp3) is 0.176. The molecule has 0 spiro atoms. The number of nitrogens with one attached hydrogen (secondary N) is 1. The molecule has 8 nitrogen and oxygen atoms in total. The van der Waals surface area contributed by atoms with Crippen molar-refractivity contribution in [3.8, 4) is 5.75 Å². The first kappa shape index (κ1) is 16.4. The zero-order valence-electron chi connectivity index (χ0n) is 13.3. The van der Waals surface area contributed by atoms with Crippen LogP contribution in [0.3, 0.4) is 0 Å². The molecule has 0 aliphatic carbocycles. The Morgan fingerprint density at radius 2 is 2.08 bits per heavy atom. The van der Waals surface area contributed by atoms with Gasteiger partial charge >= 0.3 is 5.97 Å². The summed E-state index contributed by atoms with van der Waals surface area (Å²) in [4.78, 5) is 41.4. The van der Waals surface area contributed by atoms with Gasteiger partial charge in [-0.3, -0.25) is 9.59 Å². The second-order valence-corrected chi connectivity index (χ2v) is 5.88. The molecule has 3 N–H and O–H groups in total. The first-order valence-corrected chi connectivity index (χ1v) is 7.45. The van der Waals surface area contributed by atoms with Crippen LogP contribution >= 0.6 is 0 Å². The first-order chi connectivity index (χ1) is 11.8. The van der Waals surface area contributed by atoms with Crippen LogP contribution in [0.2, 0.25) is 0 Å². The summed E-state index contributed by atoms with van der Waals surface area (Å²) in [5, 5.41) is 21.2. The van der Waals surface area contributed by atoms with Gasteiger partial charge in [0.25, 0.3) is 11.8 Å². The van der Waals surface area contributed by atoms with Crippen molar-refractivity contribution in [3.63, 3.8) is 0 Å². The van der Waals surface area contributed by atoms with Gasteiger partial charge in [-0.15, -0.1) is 0 Å². The number of amides is 2. The second kappa shape index (κ2) is 5.90. The number of aromatic hydroxyl groups is 1. The molecule has 2 aliphatic rings. The molecular formula is C17H15N3O5. The third kappa shape index (κ3) is 2.89. The maximum Gasteiger partial charge on any atom is 0.339 e. The molecule has 2 heterocycles.